The Kier molecular flexibility index (Phi) is 3.36. The van der Waals surface area contributed by atoms with E-state index in [9.17, 15) is 4.39 Å². The molecule has 0 saturated heterocycles. The van der Waals surface area contributed by atoms with Gasteiger partial charge in [0.15, 0.2) is 0 Å². The van der Waals surface area contributed by atoms with Crippen LogP contribution in [0.25, 0.3) is 11.0 Å². The molecule has 18 heavy (non-hydrogen) atoms. The molecular formula is C10H10FIN6. The predicted octanol–water partition coefficient (Wildman–Crippen LogP) is 0.795. The van der Waals surface area contributed by atoms with Gasteiger partial charge in [0.2, 0.25) is 0 Å². The van der Waals surface area contributed by atoms with Crippen LogP contribution in [0.15, 0.2) is 35.5 Å². The van der Waals surface area contributed by atoms with Crippen LogP contribution in [0.1, 0.15) is 5.56 Å². The molecular weight excluding hydrogens is 350 g/mol. The number of nitrogens with zero attached hydrogens (tertiary/aromatic N) is 3. The van der Waals surface area contributed by atoms with Crippen molar-refractivity contribution in [2.75, 3.05) is 0 Å². The fourth-order valence-corrected chi connectivity index (χ4v) is 2.15. The third-order valence-electron chi connectivity index (χ3n) is 2.26. The lowest BCUT2D eigenvalue weighted by Crippen LogP contribution is -2.15. The van der Waals surface area contributed by atoms with Crippen LogP contribution >= 0.6 is 22.9 Å². The molecule has 0 fully saturated rings. The second-order valence-corrected chi connectivity index (χ2v) is 4.51. The van der Waals surface area contributed by atoms with Gasteiger partial charge in [-0.3, -0.25) is 2.78 Å². The van der Waals surface area contributed by atoms with Crippen molar-refractivity contribution in [2.45, 2.75) is 0 Å². The van der Waals surface area contributed by atoms with Gasteiger partial charge in [-0.25, -0.2) is 14.4 Å². The number of pyridine rings is 1. The lowest BCUT2D eigenvalue weighted by atomic mass is 10.2. The zero-order valence-corrected chi connectivity index (χ0v) is 11.3. The van der Waals surface area contributed by atoms with Crippen LogP contribution < -0.4 is 17.2 Å². The first-order chi connectivity index (χ1) is 8.52. The van der Waals surface area contributed by atoms with Crippen LogP contribution in [-0.2, 0) is 0 Å². The van der Waals surface area contributed by atoms with Crippen molar-refractivity contribution in [3.63, 3.8) is 0 Å². The molecule has 0 aliphatic rings. The number of aromatic nitrogens is 2. The molecule has 0 aliphatic heterocycles. The lowest BCUT2D eigenvalue weighted by Gasteiger charge is -1.98. The molecule has 0 aliphatic carbocycles. The number of nitrogens with two attached hydrogens (primary N) is 3. The van der Waals surface area contributed by atoms with Gasteiger partial charge >= 0.3 is 0 Å². The first-order valence-corrected chi connectivity index (χ1v) is 5.84. The summed E-state index contributed by atoms with van der Waals surface area (Å²) in [6, 6.07) is 1.34. The van der Waals surface area contributed by atoms with Gasteiger partial charge in [-0.1, -0.05) is 0 Å². The highest BCUT2D eigenvalue weighted by Crippen LogP contribution is 2.22. The number of hydrogen-bond acceptors (Lipinski definition) is 4. The summed E-state index contributed by atoms with van der Waals surface area (Å²) >= 11 is 2.02. The van der Waals surface area contributed by atoms with E-state index in [2.05, 4.69) is 9.98 Å². The molecule has 0 spiro atoms. The molecule has 6 N–H and O–H groups in total. The quantitative estimate of drug-likeness (QED) is 0.418. The molecule has 8 heteroatoms. The highest BCUT2D eigenvalue weighted by atomic mass is 127. The van der Waals surface area contributed by atoms with Crippen LogP contribution in [0.2, 0.25) is 0 Å². The van der Waals surface area contributed by atoms with E-state index in [4.69, 9.17) is 17.2 Å². The van der Waals surface area contributed by atoms with Crippen LogP contribution in [0.3, 0.4) is 0 Å². The zero-order chi connectivity index (χ0) is 13.3. The Labute approximate surface area is 116 Å². The molecule has 0 aromatic carbocycles. The van der Waals surface area contributed by atoms with Crippen molar-refractivity contribution in [3.8, 4) is 0 Å². The molecule has 94 valence electrons. The number of hydrogen-bond donors (Lipinski definition) is 3. The van der Waals surface area contributed by atoms with Crippen LogP contribution in [0.4, 0.5) is 4.39 Å². The largest absolute Gasteiger partial charge is 0.402 e. The van der Waals surface area contributed by atoms with E-state index in [-0.39, 0.29) is 11.7 Å². The van der Waals surface area contributed by atoms with Gasteiger partial charge in [-0.2, -0.15) is 0 Å². The monoisotopic (exact) mass is 360 g/mol. The number of rotatable bonds is 2. The maximum Gasteiger partial charge on any atom is 0.149 e. The first-order valence-electron chi connectivity index (χ1n) is 4.87. The Bertz CT molecular complexity index is 660. The number of amidine groups is 1. The molecule has 0 bridgehead atoms. The van der Waals surface area contributed by atoms with Crippen LogP contribution in [0.5, 0.6) is 0 Å². The summed E-state index contributed by atoms with van der Waals surface area (Å²) in [7, 11) is 0. The van der Waals surface area contributed by atoms with Gasteiger partial charge < -0.3 is 17.2 Å². The van der Waals surface area contributed by atoms with Gasteiger partial charge in [-0.05, 0) is 6.07 Å². The molecule has 0 atom stereocenters. The summed E-state index contributed by atoms with van der Waals surface area (Å²) in [5, 5.41) is 0.565. The smallest absolute Gasteiger partial charge is 0.149 e. The van der Waals surface area contributed by atoms with Crippen molar-refractivity contribution in [2.24, 2.45) is 22.2 Å². The average molecular weight is 360 g/mol. The molecule has 0 unspecified atom stereocenters. The normalized spacial score (nSPS) is 13.2. The van der Waals surface area contributed by atoms with Gasteiger partial charge in [0.25, 0.3) is 0 Å². The van der Waals surface area contributed by atoms with E-state index in [1.807, 2.05) is 22.9 Å². The Hall–Kier alpha value is -1.84. The standard InChI is InChI=1S/C10H10FIN6/c11-5-1-6-7(9(15)17-8(14)2-13)4-18(12)10(6)16-3-5/h1-4H,13-14H2,(H2,15,17)/b8-2-. The summed E-state index contributed by atoms with van der Waals surface area (Å²) in [6.45, 7) is 0. The van der Waals surface area contributed by atoms with E-state index < -0.39 is 5.82 Å². The molecule has 2 aromatic heterocycles. The topological polar surface area (TPSA) is 108 Å². The van der Waals surface area contributed by atoms with Gasteiger partial charge in [0.1, 0.15) is 23.1 Å². The van der Waals surface area contributed by atoms with Gasteiger partial charge in [-0.15, -0.1) is 0 Å². The van der Waals surface area contributed by atoms with E-state index in [0.717, 1.165) is 12.4 Å². The van der Waals surface area contributed by atoms with Crippen molar-refractivity contribution in [1.82, 2.24) is 7.76 Å². The molecule has 2 heterocycles. The number of aliphatic imine (C=N–C) groups is 1. The summed E-state index contributed by atoms with van der Waals surface area (Å²) in [5.74, 6) is -0.199. The van der Waals surface area contributed by atoms with Crippen LogP contribution in [0, 0.1) is 5.82 Å². The summed E-state index contributed by atoms with van der Waals surface area (Å²) in [4.78, 5) is 7.88. The summed E-state index contributed by atoms with van der Waals surface area (Å²) in [6.07, 6.45) is 3.97. The van der Waals surface area contributed by atoms with E-state index in [0.29, 0.717) is 16.6 Å². The molecule has 2 aromatic rings. The van der Waals surface area contributed by atoms with Crippen molar-refractivity contribution in [3.05, 3.63) is 41.9 Å². The zero-order valence-electron chi connectivity index (χ0n) is 9.14. The Morgan fingerprint density at radius 1 is 1.50 bits per heavy atom. The maximum atomic E-state index is 13.2. The van der Waals surface area contributed by atoms with Gasteiger partial charge in [0, 0.05) is 23.3 Å². The first kappa shape index (κ1) is 12.6. The SMILES string of the molecule is N/C=C(N)\N=C(/N)c1cn(I)c2ncc(F)cc12. The van der Waals surface area contributed by atoms with E-state index in [1.54, 1.807) is 8.98 Å². The Morgan fingerprint density at radius 3 is 2.89 bits per heavy atom. The minimum absolute atomic E-state index is 0.0891. The second-order valence-electron chi connectivity index (χ2n) is 3.47. The fourth-order valence-electron chi connectivity index (χ4n) is 1.49. The Balaban J connectivity index is 2.65. The summed E-state index contributed by atoms with van der Waals surface area (Å²) < 4.78 is 14.9. The van der Waals surface area contributed by atoms with E-state index >= 15 is 0 Å². The number of fused-ring (bicyclic) bond motifs is 1. The van der Waals surface area contributed by atoms with E-state index in [1.165, 1.54) is 6.07 Å². The molecule has 0 saturated carbocycles. The summed E-state index contributed by atoms with van der Waals surface area (Å²) in [5.41, 5.74) is 17.6. The highest BCUT2D eigenvalue weighted by Gasteiger charge is 2.12. The highest BCUT2D eigenvalue weighted by molar-refractivity contribution is 14.1. The fraction of sp³-hybridized carbons (Fsp3) is 0. The lowest BCUT2D eigenvalue weighted by molar-refractivity contribution is 0.624. The van der Waals surface area contributed by atoms with Crippen molar-refractivity contribution in [1.29, 1.82) is 0 Å². The Morgan fingerprint density at radius 2 is 2.22 bits per heavy atom. The minimum Gasteiger partial charge on any atom is -0.402 e. The second kappa shape index (κ2) is 4.80. The minimum atomic E-state index is -0.443. The molecule has 2 rings (SSSR count). The third kappa shape index (κ3) is 2.23. The molecule has 6 nitrogen and oxygen atoms in total. The molecule has 0 amide bonds. The number of halogens is 2. The van der Waals surface area contributed by atoms with Crippen molar-refractivity contribution >= 4 is 39.7 Å². The van der Waals surface area contributed by atoms with Crippen molar-refractivity contribution < 1.29 is 4.39 Å². The van der Waals surface area contributed by atoms with Crippen LogP contribution in [-0.4, -0.2) is 13.6 Å². The maximum absolute atomic E-state index is 13.2. The van der Waals surface area contributed by atoms with Gasteiger partial charge in [0.05, 0.1) is 29.1 Å². The average Bonchev–Trinajstić information content (AvgIpc) is 2.66. The predicted molar refractivity (Wildman–Crippen MR) is 76.3 cm³/mol. The molecule has 0 radical (unpaired) electrons. The third-order valence-corrected chi connectivity index (χ3v) is 3.00.